The number of halogens is 2. The Kier molecular flexibility index (Phi) is 7.66. The number of amides is 1. The van der Waals surface area contributed by atoms with E-state index in [9.17, 15) is 4.79 Å². The highest BCUT2D eigenvalue weighted by atomic mass is 35.5. The van der Waals surface area contributed by atoms with Gasteiger partial charge in [0, 0.05) is 38.4 Å². The molecule has 3 nitrogen and oxygen atoms in total. The average molecular weight is 432 g/mol. The molecule has 0 bridgehead atoms. The van der Waals surface area contributed by atoms with Crippen molar-refractivity contribution in [2.75, 3.05) is 12.3 Å². The van der Waals surface area contributed by atoms with Gasteiger partial charge in [-0.2, -0.15) is 0 Å². The Bertz CT molecular complexity index is 932. The molecule has 0 aliphatic carbocycles. The third-order valence-electron chi connectivity index (χ3n) is 3.92. The molecule has 0 fully saturated rings. The zero-order valence-corrected chi connectivity index (χ0v) is 17.4. The molecule has 1 amide bonds. The Hall–Kier alpha value is -2.14. The van der Waals surface area contributed by atoms with E-state index in [0.717, 1.165) is 16.2 Å². The van der Waals surface area contributed by atoms with Gasteiger partial charge in [-0.3, -0.25) is 4.79 Å². The quantitative estimate of drug-likeness (QED) is 0.346. The molecule has 0 atom stereocenters. The van der Waals surface area contributed by atoms with Crippen molar-refractivity contribution in [1.82, 2.24) is 5.32 Å². The van der Waals surface area contributed by atoms with Crippen LogP contribution in [0.2, 0.25) is 10.0 Å². The molecule has 3 aromatic carbocycles. The lowest BCUT2D eigenvalue weighted by molar-refractivity contribution is 0.0955. The van der Waals surface area contributed by atoms with Crippen LogP contribution in [-0.2, 0) is 6.61 Å². The van der Waals surface area contributed by atoms with Crippen LogP contribution in [0.5, 0.6) is 5.75 Å². The highest BCUT2D eigenvalue weighted by molar-refractivity contribution is 7.99. The molecule has 0 radical (unpaired) electrons. The van der Waals surface area contributed by atoms with E-state index >= 15 is 0 Å². The third-order valence-corrected chi connectivity index (χ3v) is 5.55. The number of carbonyl (C=O) groups excluding carboxylic acids is 1. The van der Waals surface area contributed by atoms with E-state index in [2.05, 4.69) is 5.32 Å². The molecule has 28 heavy (non-hydrogen) atoms. The molecule has 6 heteroatoms. The fourth-order valence-electron chi connectivity index (χ4n) is 2.47. The van der Waals surface area contributed by atoms with Gasteiger partial charge in [0.2, 0.25) is 0 Å². The van der Waals surface area contributed by atoms with Gasteiger partial charge in [0.05, 0.1) is 0 Å². The van der Waals surface area contributed by atoms with Gasteiger partial charge in [-0.05, 0) is 48.5 Å². The predicted molar refractivity (Wildman–Crippen MR) is 117 cm³/mol. The van der Waals surface area contributed by atoms with Crippen LogP contribution in [0, 0.1) is 0 Å². The molecule has 0 aromatic heterocycles. The maximum Gasteiger partial charge on any atom is 0.251 e. The number of benzene rings is 3. The number of carbonyl (C=O) groups is 1. The molecule has 3 aromatic rings. The molecule has 144 valence electrons. The second-order valence-electron chi connectivity index (χ2n) is 5.97. The predicted octanol–water partition coefficient (Wildman–Crippen LogP) is 6.09. The Balaban J connectivity index is 1.48. The fourth-order valence-corrected chi connectivity index (χ4v) is 3.55. The van der Waals surface area contributed by atoms with Gasteiger partial charge < -0.3 is 10.1 Å². The summed E-state index contributed by atoms with van der Waals surface area (Å²) >= 11 is 13.7. The minimum Gasteiger partial charge on any atom is -0.489 e. The number of thioether (sulfide) groups is 1. The standard InChI is InChI=1S/C22H19Cl2NO2S/c23-18-8-10-20(11-9-18)28-13-12-25-22(26)16-5-3-6-19(14-16)27-15-17-4-1-2-7-21(17)24/h1-11,14H,12-13,15H2,(H,25,26). The molecule has 0 aliphatic rings. The van der Waals surface area contributed by atoms with Crippen LogP contribution in [0.15, 0.2) is 77.7 Å². The lowest BCUT2D eigenvalue weighted by Crippen LogP contribution is -2.25. The number of hydrogen-bond acceptors (Lipinski definition) is 3. The Morgan fingerprint density at radius 2 is 1.75 bits per heavy atom. The van der Waals surface area contributed by atoms with Crippen LogP contribution in [0.4, 0.5) is 0 Å². The van der Waals surface area contributed by atoms with Crippen molar-refractivity contribution < 1.29 is 9.53 Å². The fraction of sp³-hybridized carbons (Fsp3) is 0.136. The van der Waals surface area contributed by atoms with E-state index in [1.165, 1.54) is 0 Å². The molecule has 0 aliphatic heterocycles. The summed E-state index contributed by atoms with van der Waals surface area (Å²) in [6, 6.07) is 22.3. The summed E-state index contributed by atoms with van der Waals surface area (Å²) in [6.07, 6.45) is 0. The van der Waals surface area contributed by atoms with Crippen molar-refractivity contribution in [2.45, 2.75) is 11.5 Å². The van der Waals surface area contributed by atoms with Gasteiger partial charge in [-0.1, -0.05) is 47.5 Å². The molecule has 0 unspecified atom stereocenters. The summed E-state index contributed by atoms with van der Waals surface area (Å²) in [7, 11) is 0. The van der Waals surface area contributed by atoms with E-state index in [0.29, 0.717) is 34.5 Å². The normalized spacial score (nSPS) is 10.5. The van der Waals surface area contributed by atoms with E-state index in [1.54, 1.807) is 30.0 Å². The van der Waals surface area contributed by atoms with Crippen molar-refractivity contribution >= 4 is 40.9 Å². The zero-order chi connectivity index (χ0) is 19.8. The molecule has 0 heterocycles. The highest BCUT2D eigenvalue weighted by Crippen LogP contribution is 2.21. The summed E-state index contributed by atoms with van der Waals surface area (Å²) < 4.78 is 5.78. The van der Waals surface area contributed by atoms with Gasteiger partial charge in [-0.15, -0.1) is 11.8 Å². The molecule has 0 spiro atoms. The largest absolute Gasteiger partial charge is 0.489 e. The molecule has 1 N–H and O–H groups in total. The van der Waals surface area contributed by atoms with E-state index < -0.39 is 0 Å². The summed E-state index contributed by atoms with van der Waals surface area (Å²) in [5, 5.41) is 4.31. The maximum atomic E-state index is 12.4. The number of nitrogens with one attached hydrogen (secondary N) is 1. The van der Waals surface area contributed by atoms with Gasteiger partial charge in [-0.25, -0.2) is 0 Å². The summed E-state index contributed by atoms with van der Waals surface area (Å²) in [5.41, 5.74) is 1.46. The molecule has 0 saturated carbocycles. The number of ether oxygens (including phenoxy) is 1. The monoisotopic (exact) mass is 431 g/mol. The van der Waals surface area contributed by atoms with Crippen molar-refractivity contribution in [1.29, 1.82) is 0 Å². The summed E-state index contributed by atoms with van der Waals surface area (Å²) in [5.74, 6) is 1.28. The van der Waals surface area contributed by atoms with Crippen LogP contribution in [0.3, 0.4) is 0 Å². The third kappa shape index (κ3) is 6.20. The number of hydrogen-bond donors (Lipinski definition) is 1. The van der Waals surface area contributed by atoms with Crippen LogP contribution in [0.1, 0.15) is 15.9 Å². The smallest absolute Gasteiger partial charge is 0.251 e. The van der Waals surface area contributed by atoms with E-state index in [4.69, 9.17) is 27.9 Å². The van der Waals surface area contributed by atoms with Gasteiger partial charge in [0.15, 0.2) is 0 Å². The van der Waals surface area contributed by atoms with Crippen LogP contribution in [-0.4, -0.2) is 18.2 Å². The first-order valence-corrected chi connectivity index (χ1v) is 10.5. The lowest BCUT2D eigenvalue weighted by atomic mass is 10.2. The first-order chi connectivity index (χ1) is 13.6. The highest BCUT2D eigenvalue weighted by Gasteiger charge is 2.07. The second-order valence-corrected chi connectivity index (χ2v) is 7.98. The zero-order valence-electron chi connectivity index (χ0n) is 15.0. The molecule has 3 rings (SSSR count). The topological polar surface area (TPSA) is 38.3 Å². The molecular formula is C22H19Cl2NO2S. The van der Waals surface area contributed by atoms with Crippen molar-refractivity contribution in [3.63, 3.8) is 0 Å². The molecule has 0 saturated heterocycles. The Morgan fingerprint density at radius 1 is 0.964 bits per heavy atom. The summed E-state index contributed by atoms with van der Waals surface area (Å²) in [6.45, 7) is 0.916. The lowest BCUT2D eigenvalue weighted by Gasteiger charge is -2.10. The minimum absolute atomic E-state index is 0.125. The van der Waals surface area contributed by atoms with Gasteiger partial charge >= 0.3 is 0 Å². The van der Waals surface area contributed by atoms with Crippen molar-refractivity contribution in [3.05, 3.63) is 94.0 Å². The molecular weight excluding hydrogens is 413 g/mol. The first-order valence-electron chi connectivity index (χ1n) is 8.74. The maximum absolute atomic E-state index is 12.4. The first kappa shape index (κ1) is 20.6. The SMILES string of the molecule is O=C(NCCSc1ccc(Cl)cc1)c1cccc(OCc2ccccc2Cl)c1. The van der Waals surface area contributed by atoms with Crippen molar-refractivity contribution in [3.8, 4) is 5.75 Å². The minimum atomic E-state index is -0.125. The summed E-state index contributed by atoms with van der Waals surface area (Å²) in [4.78, 5) is 13.5. The Morgan fingerprint density at radius 3 is 2.54 bits per heavy atom. The van der Waals surface area contributed by atoms with E-state index in [-0.39, 0.29) is 5.91 Å². The van der Waals surface area contributed by atoms with Crippen LogP contribution in [0.25, 0.3) is 0 Å². The number of rotatable bonds is 8. The average Bonchev–Trinajstić information content (AvgIpc) is 2.72. The van der Waals surface area contributed by atoms with E-state index in [1.807, 2.05) is 54.6 Å². The van der Waals surface area contributed by atoms with Gasteiger partial charge in [0.1, 0.15) is 12.4 Å². The van der Waals surface area contributed by atoms with Gasteiger partial charge in [0.25, 0.3) is 5.91 Å². The van der Waals surface area contributed by atoms with Crippen LogP contribution < -0.4 is 10.1 Å². The Labute approximate surface area is 179 Å². The van der Waals surface area contributed by atoms with Crippen LogP contribution >= 0.6 is 35.0 Å². The second kappa shape index (κ2) is 10.4. The van der Waals surface area contributed by atoms with Crippen molar-refractivity contribution in [2.24, 2.45) is 0 Å².